The number of amidine groups is 1. The summed E-state index contributed by atoms with van der Waals surface area (Å²) in [7, 11) is 0. The highest BCUT2D eigenvalue weighted by atomic mass is 16.6. The monoisotopic (exact) mass is 365 g/mol. The molecule has 0 fully saturated rings. The second-order valence-electron chi connectivity index (χ2n) is 5.60. The Morgan fingerprint density at radius 1 is 1.22 bits per heavy atom. The average Bonchev–Trinajstić information content (AvgIpc) is 2.68. The van der Waals surface area contributed by atoms with Gasteiger partial charge in [0.2, 0.25) is 0 Å². The van der Waals surface area contributed by atoms with Crippen LogP contribution in [0.4, 0.5) is 11.4 Å². The molecule has 2 aromatic rings. The normalized spacial score (nSPS) is 15.1. The van der Waals surface area contributed by atoms with Gasteiger partial charge in [-0.25, -0.2) is 10.0 Å². The summed E-state index contributed by atoms with van der Waals surface area (Å²) < 4.78 is 0. The number of nitrogens with one attached hydrogen (secondary N) is 2. The van der Waals surface area contributed by atoms with Crippen LogP contribution < -0.4 is 15.8 Å². The van der Waals surface area contributed by atoms with Gasteiger partial charge in [0, 0.05) is 23.9 Å². The standard InChI is InChI=1S/C18H15N5O4/c1-12-20-16(18(25)22(21-12)14-7-3-2-4-8-14)11-19-17(24)13-6-5-9-15(10-13)23(26)27/h2-11H,1H3,(H,19,24)(H,20,21)/b16-11-. The molecule has 27 heavy (non-hydrogen) atoms. The summed E-state index contributed by atoms with van der Waals surface area (Å²) in [5.74, 6) is -0.572. The molecule has 2 amide bonds. The minimum atomic E-state index is -0.586. The summed E-state index contributed by atoms with van der Waals surface area (Å²) in [5.41, 5.74) is 3.40. The van der Waals surface area contributed by atoms with E-state index >= 15 is 0 Å². The Morgan fingerprint density at radius 2 is 1.96 bits per heavy atom. The molecule has 136 valence electrons. The van der Waals surface area contributed by atoms with E-state index < -0.39 is 16.7 Å². The number of rotatable bonds is 4. The molecule has 0 bridgehead atoms. The lowest BCUT2D eigenvalue weighted by Crippen LogP contribution is -2.49. The molecule has 0 unspecified atom stereocenters. The maximum Gasteiger partial charge on any atom is 0.297 e. The lowest BCUT2D eigenvalue weighted by molar-refractivity contribution is -0.384. The molecule has 0 saturated heterocycles. The highest BCUT2D eigenvalue weighted by molar-refractivity contribution is 6.11. The molecule has 0 aliphatic carbocycles. The van der Waals surface area contributed by atoms with Crippen molar-refractivity contribution in [2.24, 2.45) is 4.99 Å². The van der Waals surface area contributed by atoms with Gasteiger partial charge in [-0.2, -0.15) is 0 Å². The number of carbonyl (C=O) groups excluding carboxylic acids is 2. The minimum absolute atomic E-state index is 0.0221. The maximum absolute atomic E-state index is 12.6. The van der Waals surface area contributed by atoms with Crippen LogP contribution >= 0.6 is 0 Å². The molecule has 9 heteroatoms. The second-order valence-corrected chi connectivity index (χ2v) is 5.60. The van der Waals surface area contributed by atoms with Crippen molar-refractivity contribution in [1.29, 1.82) is 0 Å². The molecule has 1 aliphatic heterocycles. The maximum atomic E-state index is 12.6. The highest BCUT2D eigenvalue weighted by Crippen LogP contribution is 2.18. The number of nitro groups is 1. The Bertz CT molecular complexity index is 969. The van der Waals surface area contributed by atoms with Crippen LogP contribution in [0, 0.1) is 10.1 Å². The largest absolute Gasteiger partial charge is 0.326 e. The number of para-hydroxylation sites is 1. The topological polar surface area (TPSA) is 117 Å². The van der Waals surface area contributed by atoms with Crippen molar-refractivity contribution in [3.05, 3.63) is 82.2 Å². The quantitative estimate of drug-likeness (QED) is 0.489. The van der Waals surface area contributed by atoms with Gasteiger partial charge in [-0.3, -0.25) is 25.1 Å². The third-order valence-corrected chi connectivity index (χ3v) is 3.66. The fraction of sp³-hybridized carbons (Fsp3) is 0.0556. The molecule has 0 radical (unpaired) electrons. The van der Waals surface area contributed by atoms with Gasteiger partial charge in [-0.15, -0.1) is 0 Å². The first kappa shape index (κ1) is 17.8. The van der Waals surface area contributed by atoms with Gasteiger partial charge >= 0.3 is 0 Å². The predicted molar refractivity (Wildman–Crippen MR) is 98.8 cm³/mol. The molecule has 0 aromatic heterocycles. The zero-order valence-corrected chi connectivity index (χ0v) is 14.2. The Morgan fingerprint density at radius 3 is 2.67 bits per heavy atom. The number of benzene rings is 2. The molecule has 2 N–H and O–H groups in total. The molecule has 1 heterocycles. The number of hydrogen-bond donors (Lipinski definition) is 2. The zero-order valence-electron chi connectivity index (χ0n) is 14.2. The van der Waals surface area contributed by atoms with Crippen molar-refractivity contribution in [2.75, 3.05) is 5.01 Å². The fourth-order valence-corrected chi connectivity index (χ4v) is 2.41. The lowest BCUT2D eigenvalue weighted by Gasteiger charge is -2.27. The van der Waals surface area contributed by atoms with Gasteiger partial charge in [0.15, 0.2) is 0 Å². The number of carbonyl (C=O) groups is 2. The average molecular weight is 365 g/mol. The zero-order chi connectivity index (χ0) is 19.4. The van der Waals surface area contributed by atoms with Gasteiger partial charge in [0.25, 0.3) is 17.5 Å². The van der Waals surface area contributed by atoms with Gasteiger partial charge < -0.3 is 5.32 Å². The van der Waals surface area contributed by atoms with Crippen LogP contribution in [0.15, 0.2) is 71.5 Å². The van der Waals surface area contributed by atoms with E-state index in [-0.39, 0.29) is 16.9 Å². The van der Waals surface area contributed by atoms with Crippen molar-refractivity contribution in [2.45, 2.75) is 6.92 Å². The Balaban J connectivity index is 1.81. The van der Waals surface area contributed by atoms with E-state index in [1.807, 2.05) is 6.07 Å². The van der Waals surface area contributed by atoms with E-state index in [4.69, 9.17) is 0 Å². The first-order valence-electron chi connectivity index (χ1n) is 7.92. The van der Waals surface area contributed by atoms with E-state index in [0.29, 0.717) is 11.5 Å². The number of anilines is 1. The molecule has 0 saturated carbocycles. The van der Waals surface area contributed by atoms with Crippen molar-refractivity contribution in [1.82, 2.24) is 10.7 Å². The molecular formula is C18H15N5O4. The highest BCUT2D eigenvalue weighted by Gasteiger charge is 2.25. The van der Waals surface area contributed by atoms with Crippen molar-refractivity contribution in [3.8, 4) is 0 Å². The minimum Gasteiger partial charge on any atom is -0.326 e. The van der Waals surface area contributed by atoms with Crippen LogP contribution in [0.3, 0.4) is 0 Å². The van der Waals surface area contributed by atoms with Crippen LogP contribution in [-0.4, -0.2) is 22.6 Å². The van der Waals surface area contributed by atoms with Crippen LogP contribution in [0.5, 0.6) is 0 Å². The van der Waals surface area contributed by atoms with Gasteiger partial charge in [0.1, 0.15) is 11.5 Å². The van der Waals surface area contributed by atoms with Gasteiger partial charge in [0.05, 0.1) is 10.6 Å². The van der Waals surface area contributed by atoms with E-state index in [2.05, 4.69) is 15.7 Å². The first-order valence-corrected chi connectivity index (χ1v) is 7.92. The summed E-state index contributed by atoms with van der Waals surface area (Å²) in [4.78, 5) is 39.2. The number of nitro benzene ring substituents is 1. The van der Waals surface area contributed by atoms with E-state index in [1.54, 1.807) is 31.2 Å². The van der Waals surface area contributed by atoms with Crippen LogP contribution in [0.25, 0.3) is 0 Å². The summed E-state index contributed by atoms with van der Waals surface area (Å²) in [6, 6.07) is 14.2. The summed E-state index contributed by atoms with van der Waals surface area (Å²) in [5, 5.41) is 14.6. The van der Waals surface area contributed by atoms with Gasteiger partial charge in [-0.1, -0.05) is 24.3 Å². The summed E-state index contributed by atoms with van der Waals surface area (Å²) in [6.07, 6.45) is 1.18. The fourth-order valence-electron chi connectivity index (χ4n) is 2.41. The summed E-state index contributed by atoms with van der Waals surface area (Å²) >= 11 is 0. The SMILES string of the molecule is CC1=N/C(=C\NC(=O)c2cccc([N+](=O)[O-])c2)C(=O)N(c2ccccc2)N1. The second kappa shape index (κ2) is 7.48. The molecule has 1 aliphatic rings. The first-order chi connectivity index (χ1) is 13.0. The molecule has 0 atom stereocenters. The number of nitrogens with zero attached hydrogens (tertiary/aromatic N) is 3. The number of hydrazine groups is 1. The van der Waals surface area contributed by atoms with Crippen LogP contribution in [0.1, 0.15) is 17.3 Å². The van der Waals surface area contributed by atoms with Crippen LogP contribution in [0.2, 0.25) is 0 Å². The Labute approximate surface area is 154 Å². The molecular weight excluding hydrogens is 350 g/mol. The van der Waals surface area contributed by atoms with Gasteiger partial charge in [-0.05, 0) is 25.1 Å². The van der Waals surface area contributed by atoms with Crippen molar-refractivity contribution in [3.63, 3.8) is 0 Å². The third kappa shape index (κ3) is 3.98. The van der Waals surface area contributed by atoms with Crippen molar-refractivity contribution >= 4 is 29.0 Å². The molecule has 9 nitrogen and oxygen atoms in total. The van der Waals surface area contributed by atoms with Crippen molar-refractivity contribution < 1.29 is 14.5 Å². The Kier molecular flexibility index (Phi) is 4.93. The van der Waals surface area contributed by atoms with Crippen LogP contribution in [-0.2, 0) is 4.79 Å². The van der Waals surface area contributed by atoms with E-state index in [0.717, 1.165) is 6.07 Å². The molecule has 2 aromatic carbocycles. The lowest BCUT2D eigenvalue weighted by atomic mass is 10.2. The number of aliphatic imine (C=N–C) groups is 1. The molecule has 0 spiro atoms. The molecule has 3 rings (SSSR count). The van der Waals surface area contributed by atoms with E-state index in [9.17, 15) is 19.7 Å². The number of hydrogen-bond acceptors (Lipinski definition) is 6. The third-order valence-electron chi connectivity index (χ3n) is 3.66. The predicted octanol–water partition coefficient (Wildman–Crippen LogP) is 2.14. The summed E-state index contributed by atoms with van der Waals surface area (Å²) in [6.45, 7) is 1.68. The number of non-ortho nitro benzene ring substituents is 1. The Hall–Kier alpha value is -4.01. The van der Waals surface area contributed by atoms with E-state index in [1.165, 1.54) is 29.4 Å². The smallest absolute Gasteiger partial charge is 0.297 e. The number of amides is 2.